The summed E-state index contributed by atoms with van der Waals surface area (Å²) in [5.74, 6) is 0.550. The van der Waals surface area contributed by atoms with Gasteiger partial charge in [0.05, 0.1) is 6.61 Å². The topological polar surface area (TPSA) is 152 Å². The van der Waals surface area contributed by atoms with E-state index in [1.807, 2.05) is 0 Å². The third-order valence-electron chi connectivity index (χ3n) is 3.50. The molecule has 114 valence electrons. The number of hydrogen-bond donors (Lipinski definition) is 5. The van der Waals surface area contributed by atoms with Gasteiger partial charge in [-0.2, -0.15) is 0 Å². The monoisotopic (exact) mass is 296 g/mol. The van der Waals surface area contributed by atoms with Crippen molar-refractivity contribution in [2.75, 3.05) is 24.7 Å². The summed E-state index contributed by atoms with van der Waals surface area (Å²) in [7, 11) is 1.64. The second kappa shape index (κ2) is 5.07. The van der Waals surface area contributed by atoms with Crippen molar-refractivity contribution in [1.29, 1.82) is 0 Å². The van der Waals surface area contributed by atoms with E-state index in [0.717, 1.165) is 0 Å². The van der Waals surface area contributed by atoms with Crippen LogP contribution in [-0.4, -0.2) is 66.8 Å². The summed E-state index contributed by atoms with van der Waals surface area (Å²) < 4.78 is 6.98. The molecule has 4 atom stereocenters. The number of aromatic nitrogens is 4. The van der Waals surface area contributed by atoms with E-state index >= 15 is 0 Å². The number of hydrogen-bond acceptors (Lipinski definition) is 9. The second-order valence-corrected chi connectivity index (χ2v) is 4.72. The minimum atomic E-state index is -1.23. The minimum absolute atomic E-state index is 0.196. The lowest BCUT2D eigenvalue weighted by Crippen LogP contribution is -2.33. The molecular formula is C11H16N6O4. The van der Waals surface area contributed by atoms with Gasteiger partial charge in [-0.05, 0) is 0 Å². The summed E-state index contributed by atoms with van der Waals surface area (Å²) in [4.78, 5) is 12.2. The van der Waals surface area contributed by atoms with Crippen LogP contribution in [0.1, 0.15) is 6.23 Å². The normalized spacial score (nSPS) is 29.1. The zero-order valence-corrected chi connectivity index (χ0v) is 11.2. The first-order valence-corrected chi connectivity index (χ1v) is 6.37. The second-order valence-electron chi connectivity index (χ2n) is 4.72. The van der Waals surface area contributed by atoms with Crippen LogP contribution in [0.3, 0.4) is 0 Å². The number of imidazole rings is 1. The van der Waals surface area contributed by atoms with Crippen LogP contribution in [0.15, 0.2) is 6.33 Å². The third kappa shape index (κ3) is 2.00. The molecule has 6 N–H and O–H groups in total. The Labute approximate surface area is 119 Å². The van der Waals surface area contributed by atoms with Crippen LogP contribution in [0.5, 0.6) is 0 Å². The first kappa shape index (κ1) is 13.9. The summed E-state index contributed by atoms with van der Waals surface area (Å²) in [5, 5.41) is 32.0. The van der Waals surface area contributed by atoms with Crippen LogP contribution >= 0.6 is 0 Å². The molecule has 10 nitrogen and oxygen atoms in total. The van der Waals surface area contributed by atoms with Crippen molar-refractivity contribution >= 4 is 22.9 Å². The van der Waals surface area contributed by atoms with Crippen molar-refractivity contribution in [2.45, 2.75) is 24.5 Å². The van der Waals surface area contributed by atoms with Gasteiger partial charge in [-0.3, -0.25) is 4.57 Å². The molecule has 10 heteroatoms. The van der Waals surface area contributed by atoms with E-state index in [-0.39, 0.29) is 5.82 Å². The summed E-state index contributed by atoms with van der Waals surface area (Å²) >= 11 is 0. The number of nitrogen functional groups attached to an aromatic ring is 1. The summed E-state index contributed by atoms with van der Waals surface area (Å²) in [6.45, 7) is -0.409. The molecule has 3 rings (SSSR count). The lowest BCUT2D eigenvalue weighted by atomic mass is 10.1. The fraction of sp³-hybridized carbons (Fsp3) is 0.545. The average Bonchev–Trinajstić information content (AvgIpc) is 2.99. The number of ether oxygens (including phenoxy) is 1. The highest BCUT2D eigenvalue weighted by Gasteiger charge is 2.44. The molecule has 0 spiro atoms. The maximum atomic E-state index is 10.1. The van der Waals surface area contributed by atoms with Crippen LogP contribution in [0.25, 0.3) is 11.2 Å². The molecule has 3 heterocycles. The fourth-order valence-corrected chi connectivity index (χ4v) is 2.44. The molecule has 0 saturated carbocycles. The summed E-state index contributed by atoms with van der Waals surface area (Å²) in [6, 6.07) is 0. The number of anilines is 2. The van der Waals surface area contributed by atoms with Gasteiger partial charge in [-0.1, -0.05) is 0 Å². The van der Waals surface area contributed by atoms with E-state index in [1.54, 1.807) is 7.05 Å². The molecule has 1 saturated heterocycles. The van der Waals surface area contributed by atoms with Gasteiger partial charge >= 0.3 is 0 Å². The van der Waals surface area contributed by atoms with Crippen molar-refractivity contribution in [3.05, 3.63) is 6.33 Å². The van der Waals surface area contributed by atoms with E-state index in [2.05, 4.69) is 20.3 Å². The quantitative estimate of drug-likeness (QED) is 0.435. The highest BCUT2D eigenvalue weighted by atomic mass is 16.6. The highest BCUT2D eigenvalue weighted by Crippen LogP contribution is 2.34. The lowest BCUT2D eigenvalue weighted by Gasteiger charge is -2.18. The van der Waals surface area contributed by atoms with Crippen LogP contribution in [-0.2, 0) is 4.74 Å². The molecule has 1 aliphatic heterocycles. The molecule has 0 radical (unpaired) electrons. The molecule has 2 aromatic heterocycles. The zero-order chi connectivity index (χ0) is 15.1. The SMILES string of the molecule is CNc1nc2c(N)ncnc2n1[C@H]1O[C@@H](CO)[C@@H](O)[C@H]1O. The van der Waals surface area contributed by atoms with Crippen molar-refractivity contribution in [3.63, 3.8) is 0 Å². The zero-order valence-electron chi connectivity index (χ0n) is 11.2. The lowest BCUT2D eigenvalue weighted by molar-refractivity contribution is -0.0501. The van der Waals surface area contributed by atoms with Crippen LogP contribution < -0.4 is 11.1 Å². The Morgan fingerprint density at radius 1 is 1.38 bits per heavy atom. The molecule has 21 heavy (non-hydrogen) atoms. The van der Waals surface area contributed by atoms with E-state index < -0.39 is 31.1 Å². The van der Waals surface area contributed by atoms with Crippen LogP contribution in [0.4, 0.5) is 11.8 Å². The van der Waals surface area contributed by atoms with Gasteiger partial charge in [-0.25, -0.2) is 15.0 Å². The molecule has 0 bridgehead atoms. The molecule has 0 aliphatic carbocycles. The van der Waals surface area contributed by atoms with Crippen molar-refractivity contribution in [3.8, 4) is 0 Å². The molecule has 0 aromatic carbocycles. The molecular weight excluding hydrogens is 280 g/mol. The molecule has 0 unspecified atom stereocenters. The van der Waals surface area contributed by atoms with Gasteiger partial charge in [-0.15, -0.1) is 0 Å². The fourth-order valence-electron chi connectivity index (χ4n) is 2.44. The highest BCUT2D eigenvalue weighted by molar-refractivity contribution is 5.84. The van der Waals surface area contributed by atoms with E-state index in [1.165, 1.54) is 10.9 Å². The Hall–Kier alpha value is -2.01. The van der Waals surface area contributed by atoms with E-state index in [4.69, 9.17) is 10.5 Å². The molecule has 0 amide bonds. The van der Waals surface area contributed by atoms with Crippen molar-refractivity contribution in [2.24, 2.45) is 0 Å². The Morgan fingerprint density at radius 2 is 2.14 bits per heavy atom. The maximum absolute atomic E-state index is 10.1. The maximum Gasteiger partial charge on any atom is 0.207 e. The standard InChI is InChI=1S/C11H16N6O4/c1-13-11-16-5-8(12)14-3-15-9(5)17(11)10-7(20)6(19)4(2-18)21-10/h3-4,6-7,10,18-20H,2H2,1H3,(H,13,16)(H2,12,14,15)/t4-,6+,7+,10-/m0/s1. The van der Waals surface area contributed by atoms with Gasteiger partial charge in [0.25, 0.3) is 0 Å². The first-order chi connectivity index (χ1) is 10.1. The Kier molecular flexibility index (Phi) is 3.37. The smallest absolute Gasteiger partial charge is 0.207 e. The van der Waals surface area contributed by atoms with Crippen LogP contribution in [0, 0.1) is 0 Å². The van der Waals surface area contributed by atoms with Gasteiger partial charge in [0, 0.05) is 7.05 Å². The van der Waals surface area contributed by atoms with Gasteiger partial charge in [0.2, 0.25) is 5.95 Å². The molecule has 1 fully saturated rings. The summed E-state index contributed by atoms with van der Waals surface area (Å²) in [5.41, 5.74) is 6.48. The summed E-state index contributed by atoms with van der Waals surface area (Å²) in [6.07, 6.45) is -2.99. The number of nitrogens with one attached hydrogen (secondary N) is 1. The molecule has 2 aromatic rings. The number of rotatable bonds is 3. The average molecular weight is 296 g/mol. The minimum Gasteiger partial charge on any atom is -0.394 e. The van der Waals surface area contributed by atoms with Gasteiger partial charge in [0.1, 0.15) is 24.6 Å². The largest absolute Gasteiger partial charge is 0.394 e. The molecule has 1 aliphatic rings. The third-order valence-corrected chi connectivity index (χ3v) is 3.50. The predicted molar refractivity (Wildman–Crippen MR) is 72.3 cm³/mol. The number of nitrogens with zero attached hydrogens (tertiary/aromatic N) is 4. The number of fused-ring (bicyclic) bond motifs is 1. The number of aliphatic hydroxyl groups is 3. The van der Waals surface area contributed by atoms with E-state index in [0.29, 0.717) is 17.1 Å². The Morgan fingerprint density at radius 3 is 2.76 bits per heavy atom. The van der Waals surface area contributed by atoms with Crippen molar-refractivity contribution in [1.82, 2.24) is 19.5 Å². The van der Waals surface area contributed by atoms with Gasteiger partial charge in [0.15, 0.2) is 23.2 Å². The Bertz CT molecular complexity index is 661. The Balaban J connectivity index is 2.14. The van der Waals surface area contributed by atoms with Gasteiger partial charge < -0.3 is 31.1 Å². The first-order valence-electron chi connectivity index (χ1n) is 6.37. The van der Waals surface area contributed by atoms with Crippen LogP contribution in [0.2, 0.25) is 0 Å². The number of nitrogens with two attached hydrogens (primary N) is 1. The predicted octanol–water partition coefficient (Wildman–Crippen LogP) is -1.94. The van der Waals surface area contributed by atoms with Crippen molar-refractivity contribution < 1.29 is 20.1 Å². The number of aliphatic hydroxyl groups excluding tert-OH is 3. The van der Waals surface area contributed by atoms with E-state index in [9.17, 15) is 15.3 Å².